The van der Waals surface area contributed by atoms with Crippen LogP contribution in [-0.2, 0) is 14.3 Å². The van der Waals surface area contributed by atoms with Crippen LogP contribution in [-0.4, -0.2) is 92.0 Å². The first-order valence-corrected chi connectivity index (χ1v) is 22.9. The number of aliphatic hydroxyl groups is 2. The van der Waals surface area contributed by atoms with Crippen molar-refractivity contribution in [3.8, 4) is 11.5 Å². The Kier molecular flexibility index (Phi) is 20.2. The number of rotatable bonds is 26. The molecule has 0 bridgehead atoms. The van der Waals surface area contributed by atoms with Gasteiger partial charge in [-0.3, -0.25) is 0 Å². The number of unbranched alkanes of at least 4 members (excludes halogenated alkanes) is 11. The van der Waals surface area contributed by atoms with Gasteiger partial charge in [-0.15, -0.1) is 6.58 Å². The van der Waals surface area contributed by atoms with Gasteiger partial charge in [-0.05, 0) is 73.1 Å². The Bertz CT molecular complexity index is 1560. The summed E-state index contributed by atoms with van der Waals surface area (Å²) in [6.07, 6.45) is 20.0. The summed E-state index contributed by atoms with van der Waals surface area (Å²) < 4.78 is 25.8. The van der Waals surface area contributed by atoms with E-state index in [1.54, 1.807) is 24.1 Å². The van der Waals surface area contributed by atoms with Crippen molar-refractivity contribution >= 4 is 17.9 Å². The van der Waals surface area contributed by atoms with Gasteiger partial charge in [0.25, 0.3) is 0 Å². The van der Waals surface area contributed by atoms with Crippen LogP contribution in [0, 0.1) is 23.2 Å². The number of likely N-dealkylation sites (N-methyl/N-ethyl adjacent to an activating group) is 1. The summed E-state index contributed by atoms with van der Waals surface area (Å²) in [5.41, 5.74) is 2.25. The number of carbonyl (C=O) groups is 2. The van der Waals surface area contributed by atoms with E-state index in [4.69, 9.17) is 23.8 Å². The van der Waals surface area contributed by atoms with Gasteiger partial charge in [0, 0.05) is 44.7 Å². The molecule has 2 aliphatic carbocycles. The highest BCUT2D eigenvalue weighted by atomic mass is 16.7. The highest BCUT2D eigenvalue weighted by molar-refractivity contribution is 6.02. The maximum atomic E-state index is 13.9. The number of nitrogens with one attached hydrogen (secondary N) is 1. The van der Waals surface area contributed by atoms with Gasteiger partial charge in [0.05, 0.1) is 24.8 Å². The number of hydrogen-bond acceptors (Lipinski definition) is 10. The van der Waals surface area contributed by atoms with Crippen molar-refractivity contribution in [1.29, 1.82) is 0 Å². The standard InChI is InChI=1S/C48H77N3O9/c1-8-10-11-12-13-14-15-16-17-20-27-49-45(54)59-36-25-26-41-39(32-36)43-37(24-19-22-29-53)35(23-18-21-28-52)31-38-40(50-56-7)33-42(48(60-41,44(38)43)58-30-9-2)51(6)46(55)57-34-47(3,4)5/h9,25-26,31-32,35,37,42-44,52-53H,2,8,10-24,27-30,33-34H2,1,3-7H3,(H,49,54). The van der Waals surface area contributed by atoms with Crippen LogP contribution < -0.4 is 14.8 Å². The minimum atomic E-state index is -1.39. The molecule has 3 N–H and O–H groups in total. The molecule has 1 aromatic rings. The highest BCUT2D eigenvalue weighted by Crippen LogP contribution is 2.61. The van der Waals surface area contributed by atoms with Gasteiger partial charge in [-0.1, -0.05) is 116 Å². The van der Waals surface area contributed by atoms with Crippen molar-refractivity contribution in [2.75, 3.05) is 47.1 Å². The molecule has 1 fully saturated rings. The predicted octanol–water partition coefficient (Wildman–Crippen LogP) is 10.1. The summed E-state index contributed by atoms with van der Waals surface area (Å²) >= 11 is 0. The number of allylic oxidation sites excluding steroid dienone is 1. The topological polar surface area (TPSA) is 148 Å². The molecular formula is C48H77N3O9. The van der Waals surface area contributed by atoms with Crippen LogP contribution in [0.2, 0.25) is 0 Å². The summed E-state index contributed by atoms with van der Waals surface area (Å²) in [5.74, 6) is -0.992. The van der Waals surface area contributed by atoms with Crippen molar-refractivity contribution in [3.05, 3.63) is 48.1 Å². The van der Waals surface area contributed by atoms with Gasteiger partial charge in [-0.2, -0.15) is 0 Å². The average Bonchev–Trinajstić information content (AvgIpc) is 3.22. The lowest BCUT2D eigenvalue weighted by atomic mass is 9.55. The van der Waals surface area contributed by atoms with Crippen LogP contribution in [0.1, 0.15) is 148 Å². The van der Waals surface area contributed by atoms with E-state index in [0.717, 1.165) is 49.7 Å². The van der Waals surface area contributed by atoms with Crippen LogP contribution in [0.15, 0.2) is 47.7 Å². The molecule has 0 aromatic heterocycles. The van der Waals surface area contributed by atoms with Crippen LogP contribution in [0.4, 0.5) is 9.59 Å². The predicted molar refractivity (Wildman–Crippen MR) is 236 cm³/mol. The zero-order valence-electron chi connectivity index (χ0n) is 37.7. The smallest absolute Gasteiger partial charge is 0.412 e. The Hall–Kier alpha value is -3.61. The van der Waals surface area contributed by atoms with Gasteiger partial charge in [0.15, 0.2) is 0 Å². The van der Waals surface area contributed by atoms with E-state index in [2.05, 4.69) is 30.1 Å². The molecule has 0 saturated heterocycles. The molecule has 2 amide bonds. The number of fused-ring (bicyclic) bond motifs is 2. The van der Waals surface area contributed by atoms with Crippen LogP contribution in [0.5, 0.6) is 11.5 Å². The van der Waals surface area contributed by atoms with E-state index in [1.165, 1.54) is 58.5 Å². The lowest BCUT2D eigenvalue weighted by molar-refractivity contribution is -0.253. The highest BCUT2D eigenvalue weighted by Gasteiger charge is 2.65. The normalized spacial score (nSPS) is 23.8. The van der Waals surface area contributed by atoms with Gasteiger partial charge in [0.1, 0.15) is 24.7 Å². The van der Waals surface area contributed by atoms with E-state index < -0.39 is 29.9 Å². The Labute approximate surface area is 360 Å². The number of nitrogens with zero attached hydrogens (tertiary/aromatic N) is 2. The summed E-state index contributed by atoms with van der Waals surface area (Å²) in [7, 11) is 3.24. The van der Waals surface area contributed by atoms with E-state index in [-0.39, 0.29) is 56.0 Å². The third-order valence-corrected chi connectivity index (χ3v) is 12.2. The number of benzene rings is 1. The van der Waals surface area contributed by atoms with Crippen LogP contribution in [0.3, 0.4) is 0 Å². The number of hydrogen-bond donors (Lipinski definition) is 3. The Morgan fingerprint density at radius 3 is 2.28 bits per heavy atom. The molecule has 12 nitrogen and oxygen atoms in total. The molecule has 4 rings (SSSR count). The number of carbonyl (C=O) groups excluding carboxylic acids is 2. The molecule has 6 atom stereocenters. The second kappa shape index (κ2) is 24.7. The SMILES string of the molecule is C=CCOC12Oc3ccc(OC(=O)NCCCCCCCCCCCC)cc3C3C(CCCCO)C(CCCCO)C=C(C(=NOC)CC1N(C)C(=O)OCC(C)(C)C)C32. The first-order chi connectivity index (χ1) is 28.9. The third-order valence-electron chi connectivity index (χ3n) is 12.2. The van der Waals surface area contributed by atoms with Gasteiger partial charge in [-0.25, -0.2) is 9.59 Å². The molecule has 1 aliphatic heterocycles. The van der Waals surface area contributed by atoms with Crippen molar-refractivity contribution in [2.24, 2.45) is 28.3 Å². The molecule has 1 heterocycles. The molecule has 6 unspecified atom stereocenters. The second-order valence-corrected chi connectivity index (χ2v) is 18.2. The largest absolute Gasteiger partial charge is 0.459 e. The maximum absolute atomic E-state index is 13.9. The fourth-order valence-electron chi connectivity index (χ4n) is 9.35. The van der Waals surface area contributed by atoms with E-state index in [0.29, 0.717) is 36.6 Å². The quantitative estimate of drug-likeness (QED) is 0.0471. The fourth-order valence-corrected chi connectivity index (χ4v) is 9.35. The fraction of sp³-hybridized carbons (Fsp3) is 0.729. The zero-order valence-corrected chi connectivity index (χ0v) is 37.7. The van der Waals surface area contributed by atoms with Gasteiger partial charge < -0.3 is 44.2 Å². The molecule has 1 saturated carbocycles. The number of amides is 2. The lowest BCUT2D eigenvalue weighted by Gasteiger charge is -2.59. The first-order valence-electron chi connectivity index (χ1n) is 22.9. The van der Waals surface area contributed by atoms with Crippen molar-refractivity contribution in [2.45, 2.75) is 155 Å². The van der Waals surface area contributed by atoms with Crippen molar-refractivity contribution in [3.63, 3.8) is 0 Å². The second-order valence-electron chi connectivity index (χ2n) is 18.2. The summed E-state index contributed by atoms with van der Waals surface area (Å²) in [6.45, 7) is 13.4. The van der Waals surface area contributed by atoms with E-state index in [9.17, 15) is 19.8 Å². The van der Waals surface area contributed by atoms with E-state index >= 15 is 0 Å². The Morgan fingerprint density at radius 1 is 0.983 bits per heavy atom. The van der Waals surface area contributed by atoms with Gasteiger partial charge >= 0.3 is 12.2 Å². The molecule has 0 radical (unpaired) electrons. The van der Waals surface area contributed by atoms with Crippen LogP contribution in [0.25, 0.3) is 0 Å². The number of ether oxygens (including phenoxy) is 4. The Balaban J connectivity index is 1.70. The molecule has 1 aromatic carbocycles. The van der Waals surface area contributed by atoms with Crippen LogP contribution >= 0.6 is 0 Å². The van der Waals surface area contributed by atoms with Crippen molar-refractivity contribution in [1.82, 2.24) is 10.2 Å². The molecule has 0 spiro atoms. The average molecular weight is 840 g/mol. The molecule has 12 heteroatoms. The minimum absolute atomic E-state index is 0.0412. The lowest BCUT2D eigenvalue weighted by Crippen LogP contribution is -2.69. The zero-order chi connectivity index (χ0) is 43.5. The Morgan fingerprint density at radius 2 is 1.65 bits per heavy atom. The van der Waals surface area contributed by atoms with E-state index in [1.807, 2.05) is 32.9 Å². The molecule has 3 aliphatic rings. The van der Waals surface area contributed by atoms with Gasteiger partial charge in [0.2, 0.25) is 5.79 Å². The molecular weight excluding hydrogens is 763 g/mol. The molecule has 60 heavy (non-hydrogen) atoms. The van der Waals surface area contributed by atoms with Crippen molar-refractivity contribution < 1.29 is 43.6 Å². The summed E-state index contributed by atoms with van der Waals surface area (Å²) in [6, 6.07) is 4.82. The molecule has 338 valence electrons. The minimum Gasteiger partial charge on any atom is -0.459 e. The number of aliphatic hydroxyl groups excluding tert-OH is 2. The summed E-state index contributed by atoms with van der Waals surface area (Å²) in [4.78, 5) is 34.1. The maximum Gasteiger partial charge on any atom is 0.412 e. The summed E-state index contributed by atoms with van der Waals surface area (Å²) in [5, 5.41) is 27.2. The monoisotopic (exact) mass is 840 g/mol. The third kappa shape index (κ3) is 13.4. The first kappa shape index (κ1) is 49.0. The number of oxime groups is 1.